The van der Waals surface area contributed by atoms with E-state index in [4.69, 9.17) is 4.98 Å². The molecular formula is C23H16BrN3OS. The van der Waals surface area contributed by atoms with Crippen LogP contribution in [0, 0.1) is 0 Å². The lowest BCUT2D eigenvalue weighted by Crippen LogP contribution is -2.22. The average Bonchev–Trinajstić information content (AvgIpc) is 3.31. The first-order valence-electron chi connectivity index (χ1n) is 9.18. The Labute approximate surface area is 180 Å². The minimum absolute atomic E-state index is 0.0846. The topological polar surface area (TPSA) is 46.4 Å². The molecule has 0 fully saturated rings. The number of carbonyl (C=O) groups excluding carboxylic acids is 1. The molecule has 1 amide bonds. The van der Waals surface area contributed by atoms with E-state index in [1.807, 2.05) is 60.7 Å². The van der Waals surface area contributed by atoms with Gasteiger partial charge in [-0.3, -0.25) is 9.20 Å². The number of halogens is 1. The molecule has 0 aliphatic rings. The van der Waals surface area contributed by atoms with Crippen LogP contribution < -0.4 is 5.32 Å². The highest BCUT2D eigenvalue weighted by Crippen LogP contribution is 2.30. The molecule has 29 heavy (non-hydrogen) atoms. The van der Waals surface area contributed by atoms with Crippen molar-refractivity contribution in [2.24, 2.45) is 0 Å². The van der Waals surface area contributed by atoms with Crippen molar-refractivity contribution < 1.29 is 4.79 Å². The minimum Gasteiger partial charge on any atom is -0.348 e. The highest BCUT2D eigenvalue weighted by atomic mass is 79.9. The summed E-state index contributed by atoms with van der Waals surface area (Å²) in [5.41, 5.74) is 4.80. The Morgan fingerprint density at radius 2 is 1.83 bits per heavy atom. The first kappa shape index (κ1) is 18.1. The van der Waals surface area contributed by atoms with Gasteiger partial charge in [0.05, 0.1) is 15.9 Å². The predicted octanol–water partition coefficient (Wildman–Crippen LogP) is 5.91. The highest BCUT2D eigenvalue weighted by Gasteiger charge is 2.13. The second-order valence-corrected chi connectivity index (χ2v) is 8.57. The number of nitrogens with zero attached hydrogens (tertiary/aromatic N) is 2. The van der Waals surface area contributed by atoms with E-state index in [-0.39, 0.29) is 5.91 Å². The Bertz CT molecular complexity index is 1340. The van der Waals surface area contributed by atoms with Crippen molar-refractivity contribution in [2.75, 3.05) is 0 Å². The minimum atomic E-state index is -0.0846. The van der Waals surface area contributed by atoms with Gasteiger partial charge in [-0.1, -0.05) is 75.8 Å². The fourth-order valence-electron chi connectivity index (χ4n) is 3.31. The van der Waals surface area contributed by atoms with E-state index in [2.05, 4.69) is 44.0 Å². The van der Waals surface area contributed by atoms with E-state index in [0.29, 0.717) is 12.1 Å². The van der Waals surface area contributed by atoms with Crippen molar-refractivity contribution in [3.63, 3.8) is 0 Å². The molecular weight excluding hydrogens is 446 g/mol. The molecule has 2 heterocycles. The van der Waals surface area contributed by atoms with Gasteiger partial charge in [0.2, 0.25) is 0 Å². The number of carbonyl (C=O) groups is 1. The molecule has 0 saturated heterocycles. The second kappa shape index (κ2) is 7.46. The zero-order valence-corrected chi connectivity index (χ0v) is 17.7. The van der Waals surface area contributed by atoms with E-state index >= 15 is 0 Å². The molecule has 4 nitrogen and oxygen atoms in total. The molecule has 1 N–H and O–H groups in total. The van der Waals surface area contributed by atoms with Crippen LogP contribution in [-0.4, -0.2) is 15.3 Å². The third kappa shape index (κ3) is 3.45. The van der Waals surface area contributed by atoms with Crippen molar-refractivity contribution in [3.05, 3.63) is 94.6 Å². The fraction of sp³-hybridized carbons (Fsp3) is 0.0435. The van der Waals surface area contributed by atoms with Gasteiger partial charge in [0.25, 0.3) is 5.91 Å². The molecule has 0 saturated carbocycles. The molecule has 0 atom stereocenters. The summed E-state index contributed by atoms with van der Waals surface area (Å²) in [4.78, 5) is 18.3. The smallest absolute Gasteiger partial charge is 0.251 e. The molecule has 0 bridgehead atoms. The van der Waals surface area contributed by atoms with Crippen molar-refractivity contribution in [1.82, 2.24) is 14.7 Å². The van der Waals surface area contributed by atoms with Crippen molar-refractivity contribution >= 4 is 48.4 Å². The lowest BCUT2D eigenvalue weighted by Gasteiger charge is -2.07. The van der Waals surface area contributed by atoms with Gasteiger partial charge in [-0.15, -0.1) is 0 Å². The lowest BCUT2D eigenvalue weighted by molar-refractivity contribution is 0.0951. The molecule has 5 rings (SSSR count). The van der Waals surface area contributed by atoms with Crippen LogP contribution >= 0.6 is 27.3 Å². The molecule has 0 spiro atoms. The lowest BCUT2D eigenvalue weighted by atomic mass is 10.2. The van der Waals surface area contributed by atoms with Crippen LogP contribution in [-0.2, 0) is 6.54 Å². The van der Waals surface area contributed by atoms with Crippen LogP contribution in [0.4, 0.5) is 0 Å². The molecule has 0 unspecified atom stereocenters. The van der Waals surface area contributed by atoms with E-state index in [9.17, 15) is 4.79 Å². The number of rotatable bonds is 4. The summed E-state index contributed by atoms with van der Waals surface area (Å²) < 4.78 is 4.12. The molecule has 142 valence electrons. The summed E-state index contributed by atoms with van der Waals surface area (Å²) in [6, 6.07) is 23.8. The van der Waals surface area contributed by atoms with E-state index in [1.165, 1.54) is 0 Å². The van der Waals surface area contributed by atoms with Gasteiger partial charge in [0, 0.05) is 28.3 Å². The fourth-order valence-corrected chi connectivity index (χ4v) is 4.78. The third-order valence-electron chi connectivity index (χ3n) is 4.82. The summed E-state index contributed by atoms with van der Waals surface area (Å²) in [7, 11) is 0. The number of hydrogen-bond acceptors (Lipinski definition) is 3. The summed E-state index contributed by atoms with van der Waals surface area (Å²) in [6.07, 6.45) is 2.05. The monoisotopic (exact) mass is 461 g/mol. The number of hydrogen-bond donors (Lipinski definition) is 1. The predicted molar refractivity (Wildman–Crippen MR) is 121 cm³/mol. The molecule has 0 radical (unpaired) electrons. The first-order chi connectivity index (χ1) is 14.2. The molecule has 2 aromatic heterocycles. The summed E-state index contributed by atoms with van der Waals surface area (Å²) in [5, 5.41) is 2.99. The first-order valence-corrected chi connectivity index (χ1v) is 10.8. The normalized spacial score (nSPS) is 11.2. The summed E-state index contributed by atoms with van der Waals surface area (Å²) in [6.45, 7) is 0.479. The molecule has 6 heteroatoms. The SMILES string of the molecule is O=C(NCc1ccccc1Br)c1ccc2c(c1)sc1nc(-c3ccccc3)cn12. The summed E-state index contributed by atoms with van der Waals surface area (Å²) in [5.74, 6) is -0.0846. The zero-order valence-electron chi connectivity index (χ0n) is 15.3. The summed E-state index contributed by atoms with van der Waals surface area (Å²) >= 11 is 5.10. The number of imidazole rings is 1. The highest BCUT2D eigenvalue weighted by molar-refractivity contribution is 9.10. The van der Waals surface area contributed by atoms with Gasteiger partial charge >= 0.3 is 0 Å². The Balaban J connectivity index is 1.41. The van der Waals surface area contributed by atoms with Gasteiger partial charge < -0.3 is 5.32 Å². The number of thiazole rings is 1. The van der Waals surface area contributed by atoms with Gasteiger partial charge in [-0.05, 0) is 29.8 Å². The van der Waals surface area contributed by atoms with Crippen LogP contribution in [0.25, 0.3) is 26.4 Å². The van der Waals surface area contributed by atoms with Gasteiger partial charge in [0.15, 0.2) is 4.96 Å². The van der Waals surface area contributed by atoms with Crippen LogP contribution in [0.2, 0.25) is 0 Å². The number of fused-ring (bicyclic) bond motifs is 3. The van der Waals surface area contributed by atoms with E-state index < -0.39 is 0 Å². The number of benzene rings is 3. The van der Waals surface area contributed by atoms with Crippen molar-refractivity contribution in [3.8, 4) is 11.3 Å². The average molecular weight is 462 g/mol. The van der Waals surface area contributed by atoms with Crippen LogP contribution in [0.5, 0.6) is 0 Å². The standard InChI is InChI=1S/C23H16BrN3OS/c24-18-9-5-4-8-17(18)13-25-22(28)16-10-11-20-21(12-16)29-23-26-19(14-27(20)23)15-6-2-1-3-7-15/h1-12,14H,13H2,(H,25,28). The number of aromatic nitrogens is 2. The maximum Gasteiger partial charge on any atom is 0.251 e. The van der Waals surface area contributed by atoms with Gasteiger partial charge in [0.1, 0.15) is 0 Å². The van der Waals surface area contributed by atoms with Crippen LogP contribution in [0.15, 0.2) is 83.5 Å². The Kier molecular flexibility index (Phi) is 4.66. The Hall–Kier alpha value is -2.96. The van der Waals surface area contributed by atoms with Crippen LogP contribution in [0.1, 0.15) is 15.9 Å². The van der Waals surface area contributed by atoms with Crippen LogP contribution in [0.3, 0.4) is 0 Å². The van der Waals surface area contributed by atoms with Crippen molar-refractivity contribution in [1.29, 1.82) is 0 Å². The Morgan fingerprint density at radius 1 is 1.03 bits per heavy atom. The maximum absolute atomic E-state index is 12.6. The van der Waals surface area contributed by atoms with E-state index in [0.717, 1.165) is 36.5 Å². The largest absolute Gasteiger partial charge is 0.348 e. The zero-order chi connectivity index (χ0) is 19.8. The van der Waals surface area contributed by atoms with Gasteiger partial charge in [-0.2, -0.15) is 0 Å². The van der Waals surface area contributed by atoms with Crippen molar-refractivity contribution in [2.45, 2.75) is 6.54 Å². The Morgan fingerprint density at radius 3 is 2.66 bits per heavy atom. The maximum atomic E-state index is 12.6. The second-order valence-electron chi connectivity index (χ2n) is 6.70. The molecule has 0 aliphatic heterocycles. The third-order valence-corrected chi connectivity index (χ3v) is 6.61. The number of nitrogens with one attached hydrogen (secondary N) is 1. The molecule has 0 aliphatic carbocycles. The number of amides is 1. The quantitative estimate of drug-likeness (QED) is 0.361. The molecule has 5 aromatic rings. The van der Waals surface area contributed by atoms with Gasteiger partial charge in [-0.25, -0.2) is 4.98 Å². The van der Waals surface area contributed by atoms with E-state index in [1.54, 1.807) is 11.3 Å². The molecule has 3 aromatic carbocycles.